The summed E-state index contributed by atoms with van der Waals surface area (Å²) < 4.78 is 24.4. The summed E-state index contributed by atoms with van der Waals surface area (Å²) in [7, 11) is 0. The maximum atomic E-state index is 8.67. The molecular formula is H3BeO3V. The van der Waals surface area contributed by atoms with Gasteiger partial charge in [0.1, 0.15) is 0 Å². The van der Waals surface area contributed by atoms with Crippen molar-refractivity contribution in [2.45, 2.75) is 0 Å². The Bertz CT molecular complexity index is 55.3. The maximum absolute atomic E-state index is 8.67. The van der Waals surface area contributed by atoms with Gasteiger partial charge in [-0.15, -0.1) is 0 Å². The van der Waals surface area contributed by atoms with E-state index in [1.807, 2.05) is 0 Å². The first-order valence-electron chi connectivity index (χ1n) is 0.565. The second kappa shape index (κ2) is 4.31. The number of hydrogen-bond acceptors (Lipinski definition) is 2. The van der Waals surface area contributed by atoms with Crippen LogP contribution < -0.4 is 0 Å². The van der Waals surface area contributed by atoms with Crippen LogP contribution in [0.25, 0.3) is 0 Å². The predicted molar refractivity (Wildman–Crippen MR) is 12.1 cm³/mol. The molecule has 0 aliphatic rings. The van der Waals surface area contributed by atoms with Crippen LogP contribution in [0.2, 0.25) is 0 Å². The first-order chi connectivity index (χ1) is 1.73. The van der Waals surface area contributed by atoms with Crippen molar-refractivity contribution in [2.75, 3.05) is 0 Å². The standard InChI is InChI=1S/Be.H2O.2O.V.2H/h;1H2;;;;;/q;;;;+1;;/p-1. The molecule has 0 saturated carbocycles. The summed E-state index contributed by atoms with van der Waals surface area (Å²) in [6, 6.07) is 0. The average molecular weight is 111 g/mol. The van der Waals surface area contributed by atoms with E-state index in [4.69, 9.17) is 11.4 Å². The van der Waals surface area contributed by atoms with Crippen LogP contribution in [-0.2, 0) is 22.7 Å². The van der Waals surface area contributed by atoms with E-state index in [0.29, 0.717) is 0 Å². The summed E-state index contributed by atoms with van der Waals surface area (Å²) in [5.74, 6) is 0. The van der Waals surface area contributed by atoms with Crippen molar-refractivity contribution in [3.05, 3.63) is 0 Å². The van der Waals surface area contributed by atoms with Gasteiger partial charge in [-0.2, -0.15) is 0 Å². The molecule has 0 fully saturated rings. The molecule has 1 N–H and O–H groups in total. The van der Waals surface area contributed by atoms with Crippen LogP contribution in [0.4, 0.5) is 0 Å². The van der Waals surface area contributed by atoms with Crippen LogP contribution in [0.15, 0.2) is 0 Å². The third-order valence-corrected chi connectivity index (χ3v) is 0. The fourth-order valence-corrected chi connectivity index (χ4v) is 0. The molecule has 0 aliphatic heterocycles. The van der Waals surface area contributed by atoms with Gasteiger partial charge < -0.3 is 0 Å². The molecule has 28 valence electrons. The quantitative estimate of drug-likeness (QED) is 0.378. The van der Waals surface area contributed by atoms with Gasteiger partial charge in [-0.1, -0.05) is 0 Å². The van der Waals surface area contributed by atoms with Crippen LogP contribution in [0.3, 0.4) is 0 Å². The third-order valence-electron chi connectivity index (χ3n) is 0. The van der Waals surface area contributed by atoms with Crippen LogP contribution >= 0.6 is 0 Å². The molecule has 0 aromatic carbocycles. The molecule has 0 unspecified atom stereocenters. The van der Waals surface area contributed by atoms with Gasteiger partial charge >= 0.3 is 36.9 Å². The van der Waals surface area contributed by atoms with Crippen molar-refractivity contribution in [2.24, 2.45) is 0 Å². The SMILES string of the molecule is [BeH2].[O]=[V](=[O])[OH]. The summed E-state index contributed by atoms with van der Waals surface area (Å²) in [6.45, 7) is 0. The average Bonchev–Trinajstić information content (AvgIpc) is 0.811. The molecule has 0 aromatic rings. The number of hydrogen-bond donors (Lipinski definition) is 1. The molecule has 0 amide bonds. The van der Waals surface area contributed by atoms with E-state index in [2.05, 4.69) is 0 Å². The molecule has 0 aliphatic carbocycles. The van der Waals surface area contributed by atoms with Gasteiger partial charge in [-0.3, -0.25) is 0 Å². The van der Waals surface area contributed by atoms with Gasteiger partial charge in [0.15, 0.2) is 0 Å². The Morgan fingerprint density at radius 3 is 1.40 bits per heavy atom. The van der Waals surface area contributed by atoms with Crippen molar-refractivity contribution >= 4 is 10.1 Å². The monoisotopic (exact) mass is 111 g/mol. The zero-order valence-corrected chi connectivity index (χ0v) is 3.11. The van der Waals surface area contributed by atoms with E-state index in [1.165, 1.54) is 0 Å². The van der Waals surface area contributed by atoms with Crippen molar-refractivity contribution in [3.63, 3.8) is 0 Å². The van der Waals surface area contributed by atoms with Crippen LogP contribution in [0, 0.1) is 0 Å². The van der Waals surface area contributed by atoms with Gasteiger partial charge in [0, 0.05) is 0 Å². The Hall–Kier alpha value is 0.313. The van der Waals surface area contributed by atoms with E-state index in [1.54, 1.807) is 0 Å². The summed E-state index contributed by atoms with van der Waals surface area (Å²) in [5.41, 5.74) is 0. The number of rotatable bonds is 0. The van der Waals surface area contributed by atoms with Crippen LogP contribution in [-0.4, -0.2) is 14.2 Å². The normalized spacial score (nSPS) is 5.00. The molecule has 0 saturated heterocycles. The van der Waals surface area contributed by atoms with Crippen LogP contribution in [0.1, 0.15) is 0 Å². The minimum atomic E-state index is -3.69. The minimum absolute atomic E-state index is 0. The van der Waals surface area contributed by atoms with E-state index < -0.39 is 15.4 Å². The second-order valence-corrected chi connectivity index (χ2v) is 0.981. The molecule has 5 heavy (non-hydrogen) atoms. The van der Waals surface area contributed by atoms with Gasteiger partial charge in [-0.05, 0) is 0 Å². The van der Waals surface area contributed by atoms with Gasteiger partial charge in [-0.25, -0.2) is 0 Å². The topological polar surface area (TPSA) is 54.4 Å². The van der Waals surface area contributed by atoms with Gasteiger partial charge in [0.25, 0.3) is 0 Å². The fraction of sp³-hybridized carbons (Fsp3) is 0. The molecule has 0 aromatic heterocycles. The van der Waals surface area contributed by atoms with Gasteiger partial charge in [0.05, 0.1) is 0 Å². The molecule has 5 heteroatoms. The van der Waals surface area contributed by atoms with E-state index in [0.717, 1.165) is 0 Å². The molecule has 0 bridgehead atoms. The molecular weight excluding hydrogens is 108 g/mol. The van der Waals surface area contributed by atoms with Crippen molar-refractivity contribution in [1.82, 2.24) is 0 Å². The van der Waals surface area contributed by atoms with Crippen molar-refractivity contribution in [3.8, 4) is 0 Å². The van der Waals surface area contributed by atoms with E-state index in [-0.39, 0.29) is 10.1 Å². The third kappa shape index (κ3) is 235. The Kier molecular flexibility index (Phi) is 7.77. The molecule has 0 spiro atoms. The molecule has 0 heterocycles. The summed E-state index contributed by atoms with van der Waals surface area (Å²) in [5, 5.41) is 0. The zero-order valence-electron chi connectivity index (χ0n) is 1.71. The zero-order chi connectivity index (χ0) is 3.58. The first-order valence-corrected chi connectivity index (χ1v) is 2.33. The Morgan fingerprint density at radius 2 is 1.40 bits per heavy atom. The first kappa shape index (κ1) is 9.00. The van der Waals surface area contributed by atoms with Crippen molar-refractivity contribution in [1.29, 1.82) is 0 Å². The van der Waals surface area contributed by atoms with E-state index >= 15 is 0 Å². The Labute approximate surface area is 37.6 Å². The predicted octanol–water partition coefficient (Wildman–Crippen LogP) is -1.71. The summed E-state index contributed by atoms with van der Waals surface area (Å²) in [6.07, 6.45) is 0. The molecule has 0 atom stereocenters. The molecule has 0 radical (unpaired) electrons. The van der Waals surface area contributed by atoms with E-state index in [9.17, 15) is 0 Å². The Balaban J connectivity index is 0. The fourth-order valence-electron chi connectivity index (χ4n) is 0. The Morgan fingerprint density at radius 1 is 1.40 bits per heavy atom. The summed E-state index contributed by atoms with van der Waals surface area (Å²) in [4.78, 5) is 0. The second-order valence-electron chi connectivity index (χ2n) is 0.238. The molecule has 0 rings (SSSR count). The molecule has 3 nitrogen and oxygen atoms in total. The van der Waals surface area contributed by atoms with Crippen LogP contribution in [0.5, 0.6) is 0 Å². The van der Waals surface area contributed by atoms with Gasteiger partial charge in [0.2, 0.25) is 0 Å². The summed E-state index contributed by atoms with van der Waals surface area (Å²) >= 11 is -3.69. The van der Waals surface area contributed by atoms with Crippen molar-refractivity contribution < 1.29 is 26.8 Å².